The fraction of sp³-hybridized carbons (Fsp3) is 1.00. The normalized spacial score (nSPS) is 12.9. The Bertz CT molecular complexity index is 145. The molecule has 84 valence electrons. The second-order valence-corrected chi connectivity index (χ2v) is 10.1. The number of hydrogen-bond donors (Lipinski definition) is 0. The summed E-state index contributed by atoms with van der Waals surface area (Å²) in [5.74, 6) is -0.292. The van der Waals surface area contributed by atoms with Crippen molar-refractivity contribution in [3.8, 4) is 0 Å². The third-order valence-electron chi connectivity index (χ3n) is 2.37. The van der Waals surface area contributed by atoms with Gasteiger partial charge >= 0.3 is 0 Å². The van der Waals surface area contributed by atoms with Gasteiger partial charge < -0.3 is 9.47 Å². The van der Waals surface area contributed by atoms with Gasteiger partial charge in [0.15, 0.2) is 5.79 Å². The maximum absolute atomic E-state index is 5.57. The minimum atomic E-state index is -0.301. The van der Waals surface area contributed by atoms with Crippen LogP contribution < -0.4 is 0 Å². The summed E-state index contributed by atoms with van der Waals surface area (Å²) >= 11 is 0. The highest BCUT2D eigenvalue weighted by molar-refractivity contribution is 6.56. The molecule has 0 aliphatic heterocycles. The van der Waals surface area contributed by atoms with E-state index in [2.05, 4.69) is 26.2 Å². The average molecular weight is 232 g/mol. The van der Waals surface area contributed by atoms with E-state index in [1.54, 1.807) is 14.2 Å². The van der Waals surface area contributed by atoms with Crippen LogP contribution in [0.25, 0.3) is 0 Å². The first-order chi connectivity index (χ1) is 6.45. The monoisotopic (exact) mass is 232 g/mol. The fourth-order valence-corrected chi connectivity index (χ4v) is 3.92. The summed E-state index contributed by atoms with van der Waals surface area (Å²) in [6.45, 7) is 9.29. The first kappa shape index (κ1) is 14.4. The molecule has 0 N–H and O–H groups in total. The smallest absolute Gasteiger partial charge is 0.164 e. The van der Waals surface area contributed by atoms with Crippen molar-refractivity contribution in [3.63, 3.8) is 0 Å². The molecule has 2 radical (unpaired) electrons. The lowest BCUT2D eigenvalue weighted by atomic mass is 10.2. The second kappa shape index (κ2) is 6.77. The minimum absolute atomic E-state index is 0.171. The molecule has 0 heterocycles. The van der Waals surface area contributed by atoms with E-state index < -0.39 is 0 Å². The molecule has 0 spiro atoms. The fourth-order valence-electron chi connectivity index (χ4n) is 1.50. The standard InChI is InChI=1S/C10H24O2Si2/c1-11-10(12-2,9-14(5)6)7-8-13(3)4/h7-9H2,1-6H3. The molecule has 0 fully saturated rings. The second-order valence-electron chi connectivity index (χ2n) is 4.41. The Morgan fingerprint density at radius 3 is 1.71 bits per heavy atom. The van der Waals surface area contributed by atoms with Crippen LogP contribution in [0, 0.1) is 0 Å². The number of rotatable bonds is 7. The van der Waals surface area contributed by atoms with E-state index >= 15 is 0 Å². The van der Waals surface area contributed by atoms with Crippen LogP contribution in [0.15, 0.2) is 0 Å². The van der Waals surface area contributed by atoms with Gasteiger partial charge in [-0.25, -0.2) is 0 Å². The molecule has 0 aromatic carbocycles. The van der Waals surface area contributed by atoms with Crippen molar-refractivity contribution < 1.29 is 9.47 Å². The largest absolute Gasteiger partial charge is 0.354 e. The van der Waals surface area contributed by atoms with E-state index in [1.165, 1.54) is 6.04 Å². The molecule has 0 aliphatic rings. The Balaban J connectivity index is 4.21. The highest BCUT2D eigenvalue weighted by Crippen LogP contribution is 2.26. The molecule has 0 unspecified atom stereocenters. The Hall–Kier alpha value is 0.354. The van der Waals surface area contributed by atoms with Crippen molar-refractivity contribution in [3.05, 3.63) is 0 Å². The van der Waals surface area contributed by atoms with Gasteiger partial charge in [-0.2, -0.15) is 0 Å². The number of hydrogen-bond acceptors (Lipinski definition) is 2. The molecule has 0 saturated heterocycles. The Labute approximate surface area is 92.2 Å². The van der Waals surface area contributed by atoms with Gasteiger partial charge in [0.2, 0.25) is 0 Å². The Morgan fingerprint density at radius 2 is 1.43 bits per heavy atom. The van der Waals surface area contributed by atoms with E-state index in [4.69, 9.17) is 9.47 Å². The zero-order valence-corrected chi connectivity index (χ0v) is 12.4. The van der Waals surface area contributed by atoms with Gasteiger partial charge in [-0.05, 0) is 12.5 Å². The average Bonchev–Trinajstić information content (AvgIpc) is 2.11. The lowest BCUT2D eigenvalue weighted by molar-refractivity contribution is -0.194. The lowest BCUT2D eigenvalue weighted by Crippen LogP contribution is -2.37. The van der Waals surface area contributed by atoms with Gasteiger partial charge in [-0.1, -0.05) is 32.2 Å². The van der Waals surface area contributed by atoms with Gasteiger partial charge in [0.1, 0.15) is 0 Å². The number of methoxy groups -OCH3 is 2. The molecule has 2 nitrogen and oxygen atoms in total. The zero-order valence-electron chi connectivity index (χ0n) is 10.4. The van der Waals surface area contributed by atoms with Crippen molar-refractivity contribution in [1.82, 2.24) is 0 Å². The van der Waals surface area contributed by atoms with Crippen LogP contribution >= 0.6 is 0 Å². The van der Waals surface area contributed by atoms with Gasteiger partial charge in [0.05, 0.1) is 0 Å². The van der Waals surface area contributed by atoms with Crippen molar-refractivity contribution in [2.75, 3.05) is 14.2 Å². The van der Waals surface area contributed by atoms with Crippen molar-refractivity contribution in [1.29, 1.82) is 0 Å². The molecular weight excluding hydrogens is 208 g/mol. The van der Waals surface area contributed by atoms with Crippen LogP contribution in [0.2, 0.25) is 38.3 Å². The van der Waals surface area contributed by atoms with E-state index in [9.17, 15) is 0 Å². The summed E-state index contributed by atoms with van der Waals surface area (Å²) in [5, 5.41) is 0. The van der Waals surface area contributed by atoms with Crippen molar-refractivity contribution in [2.45, 2.75) is 50.5 Å². The van der Waals surface area contributed by atoms with Crippen LogP contribution in [-0.2, 0) is 9.47 Å². The van der Waals surface area contributed by atoms with Gasteiger partial charge in [-0.3, -0.25) is 0 Å². The first-order valence-electron chi connectivity index (χ1n) is 5.14. The molecule has 4 heteroatoms. The summed E-state index contributed by atoms with van der Waals surface area (Å²) in [6.07, 6.45) is 1.05. The molecule has 14 heavy (non-hydrogen) atoms. The third kappa shape index (κ3) is 5.29. The van der Waals surface area contributed by atoms with E-state index in [-0.39, 0.29) is 23.4 Å². The van der Waals surface area contributed by atoms with Gasteiger partial charge in [0, 0.05) is 31.8 Å². The quantitative estimate of drug-likeness (QED) is 0.496. The molecule has 0 saturated carbocycles. The molecular formula is C10H24O2Si2. The van der Waals surface area contributed by atoms with E-state index in [0.717, 1.165) is 12.5 Å². The molecule has 0 aliphatic carbocycles. The van der Waals surface area contributed by atoms with Crippen LogP contribution in [0.4, 0.5) is 0 Å². The Kier molecular flexibility index (Phi) is 6.94. The lowest BCUT2D eigenvalue weighted by Gasteiger charge is -2.32. The summed E-state index contributed by atoms with van der Waals surface area (Å²) in [4.78, 5) is 0. The predicted molar refractivity (Wildman–Crippen MR) is 65.9 cm³/mol. The highest BCUT2D eigenvalue weighted by Gasteiger charge is 2.30. The molecule has 0 bridgehead atoms. The number of ether oxygens (including phenoxy) is 2. The SMILES string of the molecule is COC(CC[Si](C)C)(C[Si](C)C)OC. The minimum Gasteiger partial charge on any atom is -0.354 e. The van der Waals surface area contributed by atoms with E-state index in [1.807, 2.05) is 0 Å². The van der Waals surface area contributed by atoms with Crippen LogP contribution in [-0.4, -0.2) is 37.6 Å². The van der Waals surface area contributed by atoms with Crippen LogP contribution in [0.3, 0.4) is 0 Å². The van der Waals surface area contributed by atoms with Gasteiger partial charge in [0.25, 0.3) is 0 Å². The summed E-state index contributed by atoms with van der Waals surface area (Å²) in [5.41, 5.74) is 0. The summed E-state index contributed by atoms with van der Waals surface area (Å²) < 4.78 is 11.1. The zero-order chi connectivity index (χ0) is 11.2. The first-order valence-corrected chi connectivity index (χ1v) is 10.6. The Morgan fingerprint density at radius 1 is 0.929 bits per heavy atom. The predicted octanol–water partition coefficient (Wildman–Crippen LogP) is 2.87. The molecule has 0 amide bonds. The van der Waals surface area contributed by atoms with Gasteiger partial charge in [-0.15, -0.1) is 0 Å². The molecule has 0 aromatic heterocycles. The maximum atomic E-state index is 5.57. The van der Waals surface area contributed by atoms with E-state index in [0.29, 0.717) is 0 Å². The molecule has 0 aromatic rings. The summed E-state index contributed by atoms with van der Waals surface area (Å²) in [7, 11) is 3.07. The summed E-state index contributed by atoms with van der Waals surface area (Å²) in [6, 6.07) is 2.35. The maximum Gasteiger partial charge on any atom is 0.164 e. The molecule has 0 atom stereocenters. The van der Waals surface area contributed by atoms with Crippen molar-refractivity contribution in [2.24, 2.45) is 0 Å². The van der Waals surface area contributed by atoms with Crippen LogP contribution in [0.1, 0.15) is 6.42 Å². The van der Waals surface area contributed by atoms with Crippen LogP contribution in [0.5, 0.6) is 0 Å². The highest BCUT2D eigenvalue weighted by atomic mass is 28.3. The topological polar surface area (TPSA) is 18.5 Å². The third-order valence-corrected chi connectivity index (χ3v) is 4.87. The molecule has 0 rings (SSSR count). The van der Waals surface area contributed by atoms with Crippen molar-refractivity contribution >= 4 is 17.6 Å².